The largest absolute Gasteiger partial charge is 0.391 e. The number of amides is 1. The number of nitro groups is 1. The van der Waals surface area contributed by atoms with E-state index in [4.69, 9.17) is 11.5 Å². The van der Waals surface area contributed by atoms with E-state index in [1.165, 1.54) is 6.07 Å². The summed E-state index contributed by atoms with van der Waals surface area (Å²) in [5.74, 6) is -0.654. The van der Waals surface area contributed by atoms with Crippen LogP contribution in [-0.4, -0.2) is 17.4 Å². The molecule has 0 radical (unpaired) electrons. The Morgan fingerprint density at radius 3 is 2.65 bits per heavy atom. The molecule has 5 N–H and O–H groups in total. The number of carbonyl (C=O) groups excluding carboxylic acids is 1. The Morgan fingerprint density at radius 1 is 1.53 bits per heavy atom. The van der Waals surface area contributed by atoms with Crippen molar-refractivity contribution >= 4 is 28.7 Å². The molecule has 0 spiro atoms. The van der Waals surface area contributed by atoms with Gasteiger partial charge in [-0.25, -0.2) is 0 Å². The van der Waals surface area contributed by atoms with Crippen molar-refractivity contribution in [2.24, 2.45) is 10.9 Å². The molecular weight excluding hydrogens is 230 g/mol. The lowest BCUT2D eigenvalue weighted by atomic mass is 10.2. The lowest BCUT2D eigenvalue weighted by molar-refractivity contribution is -0.383. The summed E-state index contributed by atoms with van der Waals surface area (Å²) in [6, 6.07) is 2.33. The van der Waals surface area contributed by atoms with E-state index in [9.17, 15) is 19.8 Å². The molecule has 0 atom stereocenters. The molecule has 9 nitrogen and oxygen atoms in total. The monoisotopic (exact) mass is 239 g/mol. The summed E-state index contributed by atoms with van der Waals surface area (Å²) in [7, 11) is 0. The van der Waals surface area contributed by atoms with Gasteiger partial charge in [0.1, 0.15) is 5.69 Å². The number of nitroso groups, excluding NO2 is 1. The maximum absolute atomic E-state index is 10.6. The van der Waals surface area contributed by atoms with E-state index in [2.05, 4.69) is 10.5 Å². The number of rotatable bonds is 5. The molecule has 0 bridgehead atoms. The van der Waals surface area contributed by atoms with E-state index in [1.54, 1.807) is 0 Å². The van der Waals surface area contributed by atoms with E-state index < -0.39 is 16.5 Å². The Bertz CT molecular complexity index is 487. The van der Waals surface area contributed by atoms with Crippen LogP contribution in [0.25, 0.3) is 0 Å². The smallest absolute Gasteiger partial charge is 0.294 e. The average molecular weight is 239 g/mol. The molecule has 0 unspecified atom stereocenters. The summed E-state index contributed by atoms with van der Waals surface area (Å²) in [4.78, 5) is 30.9. The third-order valence-electron chi connectivity index (χ3n) is 1.94. The van der Waals surface area contributed by atoms with Gasteiger partial charge in [-0.05, 0) is 11.2 Å². The quantitative estimate of drug-likeness (QED) is 0.293. The summed E-state index contributed by atoms with van der Waals surface area (Å²) in [5.41, 5.74) is 9.31. The number of nitro benzene ring substituents is 1. The van der Waals surface area contributed by atoms with Crippen molar-refractivity contribution in [1.29, 1.82) is 0 Å². The number of anilines is 2. The highest BCUT2D eigenvalue weighted by Crippen LogP contribution is 2.37. The van der Waals surface area contributed by atoms with E-state index in [0.717, 1.165) is 6.07 Å². The Hall–Kier alpha value is -2.71. The molecule has 0 saturated heterocycles. The van der Waals surface area contributed by atoms with E-state index in [0.29, 0.717) is 0 Å². The predicted molar refractivity (Wildman–Crippen MR) is 60.6 cm³/mol. The summed E-state index contributed by atoms with van der Waals surface area (Å²) >= 11 is 0. The van der Waals surface area contributed by atoms with Gasteiger partial charge >= 0.3 is 0 Å². The van der Waals surface area contributed by atoms with Gasteiger partial charge in [-0.3, -0.25) is 14.9 Å². The van der Waals surface area contributed by atoms with Gasteiger partial charge in [-0.2, -0.15) is 0 Å². The number of carbonyl (C=O) groups is 1. The summed E-state index contributed by atoms with van der Waals surface area (Å²) < 4.78 is 0. The Balaban J connectivity index is 3.16. The molecule has 0 aliphatic carbocycles. The van der Waals surface area contributed by atoms with E-state index in [-0.39, 0.29) is 23.6 Å². The Labute approximate surface area is 94.9 Å². The molecule has 1 rings (SSSR count). The molecule has 9 heteroatoms. The molecule has 17 heavy (non-hydrogen) atoms. The summed E-state index contributed by atoms with van der Waals surface area (Å²) in [6.45, 7) is -0.236. The van der Waals surface area contributed by atoms with Crippen LogP contribution in [0.5, 0.6) is 0 Å². The zero-order chi connectivity index (χ0) is 13.0. The number of benzene rings is 1. The van der Waals surface area contributed by atoms with Gasteiger partial charge in [0.2, 0.25) is 5.91 Å². The van der Waals surface area contributed by atoms with Crippen LogP contribution in [0.2, 0.25) is 0 Å². The second-order valence-electron chi connectivity index (χ2n) is 3.06. The van der Waals surface area contributed by atoms with Crippen LogP contribution in [0, 0.1) is 15.0 Å². The highest BCUT2D eigenvalue weighted by molar-refractivity contribution is 5.87. The van der Waals surface area contributed by atoms with Crippen molar-refractivity contribution in [2.45, 2.75) is 0 Å². The number of nitrogen functional groups attached to an aromatic ring is 1. The minimum Gasteiger partial charge on any atom is -0.391 e. The first-order chi connectivity index (χ1) is 7.97. The highest BCUT2D eigenvalue weighted by atomic mass is 16.6. The van der Waals surface area contributed by atoms with Gasteiger partial charge in [-0.15, -0.1) is 4.91 Å². The van der Waals surface area contributed by atoms with Crippen LogP contribution in [-0.2, 0) is 4.79 Å². The SMILES string of the molecule is NC(=O)CNc1ccc([N+](=O)[O-])c(N)c1N=O. The normalized spacial score (nSPS) is 9.65. The molecule has 1 aromatic rings. The van der Waals surface area contributed by atoms with Gasteiger partial charge < -0.3 is 16.8 Å². The van der Waals surface area contributed by atoms with Crippen molar-refractivity contribution < 1.29 is 9.72 Å². The molecule has 0 aliphatic heterocycles. The lowest BCUT2D eigenvalue weighted by Gasteiger charge is -2.07. The highest BCUT2D eigenvalue weighted by Gasteiger charge is 2.19. The molecule has 0 aliphatic rings. The minimum atomic E-state index is -0.734. The summed E-state index contributed by atoms with van der Waals surface area (Å²) in [5, 5.41) is 15.7. The van der Waals surface area contributed by atoms with Crippen molar-refractivity contribution in [2.75, 3.05) is 17.6 Å². The van der Waals surface area contributed by atoms with Crippen LogP contribution in [0.3, 0.4) is 0 Å². The Kier molecular flexibility index (Phi) is 3.55. The van der Waals surface area contributed by atoms with Crippen molar-refractivity contribution in [1.82, 2.24) is 0 Å². The average Bonchev–Trinajstić information content (AvgIpc) is 2.25. The third-order valence-corrected chi connectivity index (χ3v) is 1.94. The predicted octanol–water partition coefficient (Wildman–Crippen LogP) is 0.472. The van der Waals surface area contributed by atoms with E-state index >= 15 is 0 Å². The molecule has 90 valence electrons. The number of primary amides is 1. The second-order valence-corrected chi connectivity index (χ2v) is 3.06. The van der Waals surface area contributed by atoms with Crippen LogP contribution in [0.15, 0.2) is 17.3 Å². The number of nitrogens with zero attached hydrogens (tertiary/aromatic N) is 2. The lowest BCUT2D eigenvalue weighted by Crippen LogP contribution is -2.21. The first-order valence-electron chi connectivity index (χ1n) is 4.39. The fourth-order valence-electron chi connectivity index (χ4n) is 1.18. The molecule has 0 fully saturated rings. The standard InChI is InChI=1S/C8H9N5O4/c9-6(14)3-11-4-1-2-5(13(16)17)7(10)8(4)12-15/h1-2,11H,3,10H2,(H2,9,14). The number of hydrogen-bond donors (Lipinski definition) is 3. The minimum absolute atomic E-state index is 0.113. The second kappa shape index (κ2) is 4.88. The van der Waals surface area contributed by atoms with Crippen LogP contribution in [0.4, 0.5) is 22.7 Å². The Morgan fingerprint density at radius 2 is 2.18 bits per heavy atom. The topological polar surface area (TPSA) is 154 Å². The molecule has 0 aromatic heterocycles. The third kappa shape index (κ3) is 2.65. The van der Waals surface area contributed by atoms with E-state index in [1.807, 2.05) is 0 Å². The van der Waals surface area contributed by atoms with Gasteiger partial charge in [-0.1, -0.05) is 0 Å². The molecule has 0 saturated carbocycles. The maximum Gasteiger partial charge on any atom is 0.294 e. The van der Waals surface area contributed by atoms with Crippen LogP contribution >= 0.6 is 0 Å². The zero-order valence-electron chi connectivity index (χ0n) is 8.54. The number of nitrogens with two attached hydrogens (primary N) is 2. The number of hydrogen-bond acceptors (Lipinski definition) is 7. The molecule has 0 heterocycles. The fourth-order valence-corrected chi connectivity index (χ4v) is 1.18. The molecule has 1 aromatic carbocycles. The maximum atomic E-state index is 10.6. The van der Waals surface area contributed by atoms with Crippen LogP contribution in [0.1, 0.15) is 0 Å². The van der Waals surface area contributed by atoms with Gasteiger partial charge in [0, 0.05) is 6.07 Å². The van der Waals surface area contributed by atoms with Crippen molar-refractivity contribution in [3.05, 3.63) is 27.2 Å². The van der Waals surface area contributed by atoms with Crippen molar-refractivity contribution in [3.63, 3.8) is 0 Å². The van der Waals surface area contributed by atoms with Crippen LogP contribution < -0.4 is 16.8 Å². The molecule has 1 amide bonds. The van der Waals surface area contributed by atoms with Gasteiger partial charge in [0.15, 0.2) is 5.69 Å². The fraction of sp³-hybridized carbons (Fsp3) is 0.125. The van der Waals surface area contributed by atoms with Gasteiger partial charge in [0.05, 0.1) is 17.2 Å². The number of nitrogens with one attached hydrogen (secondary N) is 1. The first kappa shape index (κ1) is 12.4. The summed E-state index contributed by atoms with van der Waals surface area (Å²) in [6.07, 6.45) is 0. The van der Waals surface area contributed by atoms with Crippen molar-refractivity contribution in [3.8, 4) is 0 Å². The molecular formula is C8H9N5O4. The zero-order valence-corrected chi connectivity index (χ0v) is 8.54. The van der Waals surface area contributed by atoms with Gasteiger partial charge in [0.25, 0.3) is 5.69 Å². The first-order valence-corrected chi connectivity index (χ1v) is 4.39.